The summed E-state index contributed by atoms with van der Waals surface area (Å²) >= 11 is 7.65. The molecule has 2 aromatic carbocycles. The summed E-state index contributed by atoms with van der Waals surface area (Å²) in [6.45, 7) is 4.69. The number of thiazole rings is 1. The predicted octanol–water partition coefficient (Wildman–Crippen LogP) is 6.32. The number of carbonyl (C=O) groups excluding carboxylic acids is 1. The van der Waals surface area contributed by atoms with Gasteiger partial charge in [0.2, 0.25) is 0 Å². The standard InChI is InChI=1S/C23H20ClN3OS/c1-15(2)19-9-4-10-20-21(19)26-23(29-20)27(14-16-6-5-11-25-13-16)22(28)17-7-3-8-18(24)12-17/h3-13,15H,14H2,1-2H3. The monoisotopic (exact) mass is 421 g/mol. The molecule has 0 aliphatic carbocycles. The molecule has 4 nitrogen and oxygen atoms in total. The molecule has 0 spiro atoms. The molecule has 2 heterocycles. The molecule has 0 radical (unpaired) electrons. The van der Waals surface area contributed by atoms with E-state index in [1.165, 1.54) is 16.9 Å². The number of anilines is 1. The predicted molar refractivity (Wildman–Crippen MR) is 120 cm³/mol. The number of aromatic nitrogens is 2. The Morgan fingerprint density at radius 1 is 1.14 bits per heavy atom. The lowest BCUT2D eigenvalue weighted by molar-refractivity contribution is 0.0985. The number of fused-ring (bicyclic) bond motifs is 1. The number of halogens is 1. The Kier molecular flexibility index (Phi) is 5.60. The Bertz CT molecular complexity index is 1160. The van der Waals surface area contributed by atoms with E-state index in [1.54, 1.807) is 41.6 Å². The Balaban J connectivity index is 1.81. The SMILES string of the molecule is CC(C)c1cccc2sc(N(Cc3cccnc3)C(=O)c3cccc(Cl)c3)nc12. The van der Waals surface area contributed by atoms with E-state index in [9.17, 15) is 4.79 Å². The van der Waals surface area contributed by atoms with E-state index in [-0.39, 0.29) is 5.91 Å². The van der Waals surface area contributed by atoms with Crippen molar-refractivity contribution in [2.75, 3.05) is 4.90 Å². The zero-order valence-electron chi connectivity index (χ0n) is 16.2. The van der Waals surface area contributed by atoms with Crippen LogP contribution in [0.15, 0.2) is 67.0 Å². The molecule has 0 N–H and O–H groups in total. The third-order valence-electron chi connectivity index (χ3n) is 4.67. The molecule has 4 rings (SSSR count). The van der Waals surface area contributed by atoms with Gasteiger partial charge in [-0.1, -0.05) is 61.1 Å². The van der Waals surface area contributed by atoms with Gasteiger partial charge in [0.1, 0.15) is 0 Å². The van der Waals surface area contributed by atoms with E-state index < -0.39 is 0 Å². The molecule has 146 valence electrons. The van der Waals surface area contributed by atoms with E-state index in [0.717, 1.165) is 15.8 Å². The smallest absolute Gasteiger partial charge is 0.260 e. The molecule has 0 saturated carbocycles. The van der Waals surface area contributed by atoms with E-state index in [1.807, 2.05) is 18.2 Å². The quantitative estimate of drug-likeness (QED) is 0.379. The minimum absolute atomic E-state index is 0.137. The van der Waals surface area contributed by atoms with Crippen LogP contribution in [0.3, 0.4) is 0 Å². The van der Waals surface area contributed by atoms with Gasteiger partial charge in [-0.05, 0) is 47.4 Å². The summed E-state index contributed by atoms with van der Waals surface area (Å²) in [5, 5.41) is 1.20. The number of rotatable bonds is 5. The molecule has 2 aromatic heterocycles. The van der Waals surface area contributed by atoms with Crippen LogP contribution >= 0.6 is 22.9 Å². The Morgan fingerprint density at radius 2 is 1.97 bits per heavy atom. The molecule has 0 aliphatic heterocycles. The van der Waals surface area contributed by atoms with Crippen LogP contribution in [-0.2, 0) is 6.54 Å². The van der Waals surface area contributed by atoms with Crippen molar-refractivity contribution < 1.29 is 4.79 Å². The van der Waals surface area contributed by atoms with E-state index in [0.29, 0.717) is 28.2 Å². The normalized spacial score (nSPS) is 11.2. The van der Waals surface area contributed by atoms with Crippen LogP contribution in [0, 0.1) is 0 Å². The number of hydrogen-bond donors (Lipinski definition) is 0. The highest BCUT2D eigenvalue weighted by Crippen LogP contribution is 2.34. The van der Waals surface area contributed by atoms with Gasteiger partial charge in [0.05, 0.1) is 16.8 Å². The first-order valence-electron chi connectivity index (χ1n) is 9.38. The molecular formula is C23H20ClN3OS. The van der Waals surface area contributed by atoms with Crippen molar-refractivity contribution in [3.63, 3.8) is 0 Å². The number of amides is 1. The van der Waals surface area contributed by atoms with Crippen LogP contribution in [0.25, 0.3) is 10.2 Å². The maximum absolute atomic E-state index is 13.4. The van der Waals surface area contributed by atoms with Crippen LogP contribution in [0.1, 0.15) is 41.3 Å². The lowest BCUT2D eigenvalue weighted by atomic mass is 10.0. The van der Waals surface area contributed by atoms with Crippen LogP contribution in [0.5, 0.6) is 0 Å². The maximum Gasteiger partial charge on any atom is 0.260 e. The number of hydrogen-bond acceptors (Lipinski definition) is 4. The van der Waals surface area contributed by atoms with Gasteiger partial charge in [0.25, 0.3) is 5.91 Å². The topological polar surface area (TPSA) is 46.1 Å². The highest BCUT2D eigenvalue weighted by Gasteiger charge is 2.23. The van der Waals surface area contributed by atoms with E-state index in [2.05, 4.69) is 31.0 Å². The van der Waals surface area contributed by atoms with Gasteiger partial charge in [-0.2, -0.15) is 0 Å². The number of pyridine rings is 1. The molecule has 0 atom stereocenters. The fourth-order valence-electron chi connectivity index (χ4n) is 3.22. The molecule has 4 aromatic rings. The van der Waals surface area contributed by atoms with Crippen molar-refractivity contribution in [1.29, 1.82) is 0 Å². The van der Waals surface area contributed by atoms with Gasteiger partial charge in [-0.25, -0.2) is 4.98 Å². The van der Waals surface area contributed by atoms with Crippen molar-refractivity contribution >= 4 is 44.2 Å². The summed E-state index contributed by atoms with van der Waals surface area (Å²) in [6.07, 6.45) is 3.49. The highest BCUT2D eigenvalue weighted by atomic mass is 35.5. The van der Waals surface area contributed by atoms with Crippen LogP contribution in [0.2, 0.25) is 5.02 Å². The number of para-hydroxylation sites is 1. The molecule has 6 heteroatoms. The molecule has 0 saturated heterocycles. The number of nitrogens with zero attached hydrogens (tertiary/aromatic N) is 3. The first kappa shape index (κ1) is 19.6. The second kappa shape index (κ2) is 8.31. The Hall–Kier alpha value is -2.76. The molecule has 0 fully saturated rings. The summed E-state index contributed by atoms with van der Waals surface area (Å²) in [7, 11) is 0. The highest BCUT2D eigenvalue weighted by molar-refractivity contribution is 7.22. The van der Waals surface area contributed by atoms with Gasteiger partial charge in [-0.3, -0.25) is 14.7 Å². The van der Waals surface area contributed by atoms with E-state index >= 15 is 0 Å². The molecule has 29 heavy (non-hydrogen) atoms. The van der Waals surface area contributed by atoms with Crippen molar-refractivity contribution in [3.05, 3.63) is 88.7 Å². The Morgan fingerprint density at radius 3 is 2.69 bits per heavy atom. The van der Waals surface area contributed by atoms with Crippen LogP contribution < -0.4 is 4.90 Å². The van der Waals surface area contributed by atoms with Gasteiger partial charge < -0.3 is 0 Å². The molecule has 0 aliphatic rings. The zero-order valence-corrected chi connectivity index (χ0v) is 17.7. The average molecular weight is 422 g/mol. The van der Waals surface area contributed by atoms with Gasteiger partial charge >= 0.3 is 0 Å². The van der Waals surface area contributed by atoms with Gasteiger partial charge in [0, 0.05) is 23.0 Å². The van der Waals surface area contributed by atoms with Crippen molar-refractivity contribution in [2.24, 2.45) is 0 Å². The minimum Gasteiger partial charge on any atom is -0.279 e. The number of benzene rings is 2. The van der Waals surface area contributed by atoms with Crippen LogP contribution in [-0.4, -0.2) is 15.9 Å². The van der Waals surface area contributed by atoms with Crippen molar-refractivity contribution in [3.8, 4) is 0 Å². The third-order valence-corrected chi connectivity index (χ3v) is 5.95. The maximum atomic E-state index is 13.4. The molecule has 1 amide bonds. The zero-order chi connectivity index (χ0) is 20.4. The summed E-state index contributed by atoms with van der Waals surface area (Å²) in [4.78, 5) is 24.2. The van der Waals surface area contributed by atoms with Gasteiger partial charge in [0.15, 0.2) is 5.13 Å². The fraction of sp³-hybridized carbons (Fsp3) is 0.174. The molecule has 0 bridgehead atoms. The largest absolute Gasteiger partial charge is 0.279 e. The van der Waals surface area contributed by atoms with E-state index in [4.69, 9.17) is 16.6 Å². The van der Waals surface area contributed by atoms with Gasteiger partial charge in [-0.15, -0.1) is 0 Å². The summed E-state index contributed by atoms with van der Waals surface area (Å²) in [5.41, 5.74) is 3.61. The average Bonchev–Trinajstić information content (AvgIpc) is 3.16. The molecular weight excluding hydrogens is 402 g/mol. The summed E-state index contributed by atoms with van der Waals surface area (Å²) in [5.74, 6) is 0.213. The van der Waals surface area contributed by atoms with Crippen molar-refractivity contribution in [1.82, 2.24) is 9.97 Å². The first-order chi connectivity index (χ1) is 14.0. The molecule has 0 unspecified atom stereocenters. The lowest BCUT2D eigenvalue weighted by Crippen LogP contribution is -2.30. The number of carbonyl (C=O) groups is 1. The van der Waals surface area contributed by atoms with Crippen molar-refractivity contribution in [2.45, 2.75) is 26.3 Å². The van der Waals surface area contributed by atoms with Crippen LogP contribution in [0.4, 0.5) is 5.13 Å². The second-order valence-electron chi connectivity index (χ2n) is 7.11. The summed E-state index contributed by atoms with van der Waals surface area (Å²) < 4.78 is 1.07. The first-order valence-corrected chi connectivity index (χ1v) is 10.6. The lowest BCUT2D eigenvalue weighted by Gasteiger charge is -2.20. The summed E-state index contributed by atoms with van der Waals surface area (Å²) in [6, 6.07) is 17.0. The fourth-order valence-corrected chi connectivity index (χ4v) is 4.41. The second-order valence-corrected chi connectivity index (χ2v) is 8.55. The third kappa shape index (κ3) is 4.16. The Labute approximate surface area is 178 Å². The minimum atomic E-state index is -0.137.